The van der Waals surface area contributed by atoms with Crippen molar-refractivity contribution in [2.24, 2.45) is 0 Å². The van der Waals surface area contributed by atoms with Crippen LogP contribution in [-0.4, -0.2) is 70.5 Å². The fraction of sp³-hybridized carbons (Fsp3) is 0.571. The van der Waals surface area contributed by atoms with Gasteiger partial charge in [0.1, 0.15) is 11.8 Å². The fourth-order valence-corrected chi connectivity index (χ4v) is 2.86. The maximum Gasteiger partial charge on any atom is 0.242 e. The van der Waals surface area contributed by atoms with Crippen LogP contribution in [0.2, 0.25) is 0 Å². The molecule has 1 fully saturated rings. The van der Waals surface area contributed by atoms with Crippen LogP contribution < -0.4 is 10.2 Å². The van der Waals surface area contributed by atoms with Crippen molar-refractivity contribution < 1.29 is 4.79 Å². The molecule has 0 spiro atoms. The molecule has 0 aromatic carbocycles. The average Bonchev–Trinajstić information content (AvgIpc) is 3.03. The third-order valence-corrected chi connectivity index (χ3v) is 4.12. The fourth-order valence-electron chi connectivity index (χ4n) is 2.86. The second kappa shape index (κ2) is 9.00. The van der Waals surface area contributed by atoms with Crippen LogP contribution in [0.5, 0.6) is 0 Å². The van der Waals surface area contributed by atoms with Crippen molar-refractivity contribution in [1.82, 2.24) is 30.2 Å². The number of aromatic amines is 1. The molecule has 1 unspecified atom stereocenters. The Kier molecular flexibility index (Phi) is 7.65. The van der Waals surface area contributed by atoms with Crippen molar-refractivity contribution in [2.45, 2.75) is 18.9 Å². The van der Waals surface area contributed by atoms with Gasteiger partial charge in [0.15, 0.2) is 11.5 Å². The van der Waals surface area contributed by atoms with E-state index < -0.39 is 0 Å². The van der Waals surface area contributed by atoms with E-state index in [9.17, 15) is 4.79 Å². The molecule has 1 aliphatic rings. The molecule has 0 bridgehead atoms. The number of aromatic nitrogens is 4. The Labute approximate surface area is 153 Å². The lowest BCUT2D eigenvalue weighted by molar-refractivity contribution is -0.131. The van der Waals surface area contributed by atoms with Crippen LogP contribution in [0.3, 0.4) is 0 Å². The Balaban J connectivity index is 0.00000144. The van der Waals surface area contributed by atoms with Gasteiger partial charge in [-0.1, -0.05) is 0 Å². The summed E-state index contributed by atoms with van der Waals surface area (Å²) in [5, 5.41) is 3.25. The summed E-state index contributed by atoms with van der Waals surface area (Å²) in [5.41, 5.74) is 1.36. The molecule has 2 N–H and O–H groups in total. The summed E-state index contributed by atoms with van der Waals surface area (Å²) >= 11 is 0. The number of fused-ring (bicyclic) bond motifs is 1. The van der Waals surface area contributed by atoms with E-state index in [1.165, 1.54) is 6.33 Å². The van der Waals surface area contributed by atoms with E-state index in [2.05, 4.69) is 25.3 Å². The number of rotatable bonds is 4. The number of likely N-dealkylation sites (N-methyl/N-ethyl adjacent to an activating group) is 2. The summed E-state index contributed by atoms with van der Waals surface area (Å²) < 4.78 is 0. The van der Waals surface area contributed by atoms with E-state index in [1.54, 1.807) is 6.33 Å². The zero-order chi connectivity index (χ0) is 15.5. The third kappa shape index (κ3) is 4.25. The van der Waals surface area contributed by atoms with Gasteiger partial charge in [-0.15, -0.1) is 24.8 Å². The van der Waals surface area contributed by atoms with Gasteiger partial charge < -0.3 is 20.1 Å². The SMILES string of the molecule is CNC1CCCN(C(=O)CN(C)c2ncnc3nc[nH]c23)C1.Cl.Cl. The van der Waals surface area contributed by atoms with E-state index in [4.69, 9.17) is 0 Å². The number of nitrogens with zero attached hydrogens (tertiary/aromatic N) is 5. The number of likely N-dealkylation sites (tertiary alicyclic amines) is 1. The number of hydrogen-bond acceptors (Lipinski definition) is 6. The van der Waals surface area contributed by atoms with Crippen molar-refractivity contribution in [1.29, 1.82) is 0 Å². The quantitative estimate of drug-likeness (QED) is 0.822. The van der Waals surface area contributed by atoms with E-state index in [0.717, 1.165) is 31.4 Å². The van der Waals surface area contributed by atoms with Crippen molar-refractivity contribution in [3.8, 4) is 0 Å². The molecule has 0 radical (unpaired) electrons. The number of amides is 1. The first kappa shape index (κ1) is 20.4. The van der Waals surface area contributed by atoms with Gasteiger partial charge in [0.25, 0.3) is 0 Å². The first-order chi connectivity index (χ1) is 10.7. The van der Waals surface area contributed by atoms with E-state index in [1.807, 2.05) is 23.9 Å². The van der Waals surface area contributed by atoms with Gasteiger partial charge in [0.05, 0.1) is 12.9 Å². The van der Waals surface area contributed by atoms with Crippen molar-refractivity contribution in [2.75, 3.05) is 38.6 Å². The van der Waals surface area contributed by atoms with Crippen molar-refractivity contribution >= 4 is 47.7 Å². The molecule has 2 aromatic heterocycles. The highest BCUT2D eigenvalue weighted by atomic mass is 35.5. The minimum atomic E-state index is 0. The van der Waals surface area contributed by atoms with E-state index in [0.29, 0.717) is 24.1 Å². The predicted octanol–water partition coefficient (Wildman–Crippen LogP) is 0.843. The summed E-state index contributed by atoms with van der Waals surface area (Å²) in [4.78, 5) is 31.8. The van der Waals surface area contributed by atoms with Gasteiger partial charge in [0, 0.05) is 26.2 Å². The predicted molar refractivity (Wildman–Crippen MR) is 98.1 cm³/mol. The van der Waals surface area contributed by atoms with Crippen LogP contribution in [0.4, 0.5) is 5.82 Å². The Morgan fingerprint density at radius 2 is 2.21 bits per heavy atom. The molecule has 10 heteroatoms. The van der Waals surface area contributed by atoms with Gasteiger partial charge in [-0.25, -0.2) is 15.0 Å². The largest absolute Gasteiger partial charge is 0.348 e. The second-order valence-electron chi connectivity index (χ2n) is 5.62. The number of nitrogens with one attached hydrogen (secondary N) is 2. The number of halogens is 2. The number of carbonyl (C=O) groups excluding carboxylic acids is 1. The molecule has 3 rings (SSSR count). The average molecular weight is 376 g/mol. The molecule has 1 saturated heterocycles. The molecule has 1 atom stereocenters. The zero-order valence-corrected chi connectivity index (χ0v) is 15.4. The Morgan fingerprint density at radius 3 is 2.96 bits per heavy atom. The van der Waals surface area contributed by atoms with Crippen LogP contribution >= 0.6 is 24.8 Å². The molecule has 24 heavy (non-hydrogen) atoms. The summed E-state index contributed by atoms with van der Waals surface area (Å²) in [6, 6.07) is 0.390. The van der Waals surface area contributed by atoms with Gasteiger partial charge in [-0.2, -0.15) is 0 Å². The van der Waals surface area contributed by atoms with Gasteiger partial charge >= 0.3 is 0 Å². The maximum absolute atomic E-state index is 12.5. The summed E-state index contributed by atoms with van der Waals surface area (Å²) in [7, 11) is 3.81. The van der Waals surface area contributed by atoms with Crippen molar-refractivity contribution in [3.63, 3.8) is 0 Å². The maximum atomic E-state index is 12.5. The Hall–Kier alpha value is -1.64. The number of carbonyl (C=O) groups is 1. The zero-order valence-electron chi connectivity index (χ0n) is 13.7. The topological polar surface area (TPSA) is 90.0 Å². The monoisotopic (exact) mass is 375 g/mol. The molecule has 0 aliphatic carbocycles. The number of hydrogen-bond donors (Lipinski definition) is 2. The van der Waals surface area contributed by atoms with Crippen LogP contribution in [0.25, 0.3) is 11.2 Å². The molecule has 3 heterocycles. The highest BCUT2D eigenvalue weighted by molar-refractivity contribution is 5.87. The minimum Gasteiger partial charge on any atom is -0.348 e. The number of H-pyrrole nitrogens is 1. The third-order valence-electron chi connectivity index (χ3n) is 4.12. The molecule has 134 valence electrons. The molecule has 0 saturated carbocycles. The first-order valence-electron chi connectivity index (χ1n) is 7.49. The minimum absolute atomic E-state index is 0. The lowest BCUT2D eigenvalue weighted by atomic mass is 10.1. The van der Waals surface area contributed by atoms with E-state index >= 15 is 0 Å². The smallest absolute Gasteiger partial charge is 0.242 e. The van der Waals surface area contributed by atoms with Gasteiger partial charge in [-0.3, -0.25) is 4.79 Å². The highest BCUT2D eigenvalue weighted by Crippen LogP contribution is 2.18. The summed E-state index contributed by atoms with van der Waals surface area (Å²) in [6.45, 7) is 1.89. The number of anilines is 1. The standard InChI is InChI=1S/C14H21N7O.2ClH/c1-15-10-4-3-5-21(6-10)11(22)7-20(2)14-12-13(17-8-16-12)18-9-19-14;;/h8-10,15H,3-7H2,1-2H3,(H,16,17,18,19);2*1H. The lowest BCUT2D eigenvalue weighted by Crippen LogP contribution is -2.49. The van der Waals surface area contributed by atoms with Gasteiger partial charge in [-0.05, 0) is 19.9 Å². The molecule has 8 nitrogen and oxygen atoms in total. The summed E-state index contributed by atoms with van der Waals surface area (Å²) in [6.07, 6.45) is 5.22. The Morgan fingerprint density at radius 1 is 1.42 bits per heavy atom. The van der Waals surface area contributed by atoms with Crippen LogP contribution in [0, 0.1) is 0 Å². The van der Waals surface area contributed by atoms with Crippen molar-refractivity contribution in [3.05, 3.63) is 12.7 Å². The Bertz CT molecular complexity index is 665. The van der Waals surface area contributed by atoms with Crippen LogP contribution in [-0.2, 0) is 4.79 Å². The normalized spacial score (nSPS) is 17.1. The second-order valence-corrected chi connectivity index (χ2v) is 5.62. The molecule has 1 amide bonds. The van der Waals surface area contributed by atoms with E-state index in [-0.39, 0.29) is 30.7 Å². The molecular formula is C14H23Cl2N7O. The highest BCUT2D eigenvalue weighted by Gasteiger charge is 2.24. The molecular weight excluding hydrogens is 353 g/mol. The van der Waals surface area contributed by atoms with Crippen LogP contribution in [0.1, 0.15) is 12.8 Å². The molecule has 1 aliphatic heterocycles. The van der Waals surface area contributed by atoms with Gasteiger partial charge in [0.2, 0.25) is 5.91 Å². The lowest BCUT2D eigenvalue weighted by Gasteiger charge is -2.33. The molecule has 2 aromatic rings. The summed E-state index contributed by atoms with van der Waals surface area (Å²) in [5.74, 6) is 0.812. The number of piperidine rings is 1. The van der Waals surface area contributed by atoms with Crippen LogP contribution in [0.15, 0.2) is 12.7 Å². The first-order valence-corrected chi connectivity index (χ1v) is 7.49. The number of imidazole rings is 1.